The van der Waals surface area contributed by atoms with E-state index in [4.69, 9.17) is 23.2 Å². The van der Waals surface area contributed by atoms with Crippen molar-refractivity contribution in [3.05, 3.63) is 39.1 Å². The summed E-state index contributed by atoms with van der Waals surface area (Å²) in [5, 5.41) is 19.5. The quantitative estimate of drug-likeness (QED) is 0.357. The Bertz CT molecular complexity index is 682. The van der Waals surface area contributed by atoms with Crippen LogP contribution in [-0.4, -0.2) is 27.9 Å². The van der Waals surface area contributed by atoms with Crippen molar-refractivity contribution in [2.45, 2.75) is 32.2 Å². The van der Waals surface area contributed by atoms with E-state index in [9.17, 15) is 19.4 Å². The Kier molecular flexibility index (Phi) is 5.08. The molecule has 1 aliphatic carbocycles. The minimum atomic E-state index is -1.34. The van der Waals surface area contributed by atoms with Crippen LogP contribution in [0.1, 0.15) is 31.7 Å². The van der Waals surface area contributed by atoms with Gasteiger partial charge in [0.2, 0.25) is 0 Å². The smallest absolute Gasteiger partial charge is 0.341 e. The first-order valence-corrected chi connectivity index (χ1v) is 7.49. The molecule has 1 aromatic rings. The van der Waals surface area contributed by atoms with E-state index in [1.807, 2.05) is 0 Å². The average molecular weight is 346 g/mol. The number of carboxylic acids is 1. The van der Waals surface area contributed by atoms with Crippen LogP contribution in [0.2, 0.25) is 10.0 Å². The number of benzene rings is 1. The van der Waals surface area contributed by atoms with E-state index < -0.39 is 17.5 Å². The van der Waals surface area contributed by atoms with Gasteiger partial charge in [-0.25, -0.2) is 9.18 Å². The summed E-state index contributed by atoms with van der Waals surface area (Å²) in [6.07, 6.45) is 2.12. The standard InChI is InChI=1S/C15H14Cl2FNO3/c1-2-12(19-7-3-4-7)13(15(21)22)14(20)8-5-11(18)10(17)6-9(8)16/h5-7,20H,2-4H2,1H3,(H,21,22). The van der Waals surface area contributed by atoms with Gasteiger partial charge in [0.25, 0.3) is 0 Å². The van der Waals surface area contributed by atoms with Crippen molar-refractivity contribution in [2.75, 3.05) is 0 Å². The summed E-state index contributed by atoms with van der Waals surface area (Å²) in [6, 6.07) is 2.12. The Morgan fingerprint density at radius 1 is 1.32 bits per heavy atom. The summed E-state index contributed by atoms with van der Waals surface area (Å²) in [7, 11) is 0. The number of aliphatic hydroxyl groups excluding tert-OH is 1. The molecule has 118 valence electrons. The van der Waals surface area contributed by atoms with Crippen molar-refractivity contribution in [1.82, 2.24) is 0 Å². The summed E-state index contributed by atoms with van der Waals surface area (Å²) in [5.41, 5.74) is -0.227. The predicted molar refractivity (Wildman–Crippen MR) is 84.4 cm³/mol. The van der Waals surface area contributed by atoms with Gasteiger partial charge in [-0.05, 0) is 31.4 Å². The van der Waals surface area contributed by atoms with E-state index in [0.717, 1.165) is 25.0 Å². The fourth-order valence-corrected chi connectivity index (χ4v) is 2.43. The van der Waals surface area contributed by atoms with Crippen LogP contribution in [-0.2, 0) is 4.79 Å². The van der Waals surface area contributed by atoms with Gasteiger partial charge in [0.15, 0.2) is 0 Å². The molecule has 1 aliphatic rings. The Labute approximate surface area is 136 Å². The number of aliphatic hydroxyl groups is 1. The summed E-state index contributed by atoms with van der Waals surface area (Å²) in [6.45, 7) is 1.74. The van der Waals surface area contributed by atoms with Crippen molar-refractivity contribution >= 4 is 40.6 Å². The van der Waals surface area contributed by atoms with Gasteiger partial charge in [0.1, 0.15) is 17.1 Å². The molecule has 22 heavy (non-hydrogen) atoms. The molecule has 7 heteroatoms. The highest BCUT2D eigenvalue weighted by Gasteiger charge is 2.27. The molecular weight excluding hydrogens is 332 g/mol. The second-order valence-electron chi connectivity index (χ2n) is 4.94. The summed E-state index contributed by atoms with van der Waals surface area (Å²) in [4.78, 5) is 15.8. The minimum absolute atomic E-state index is 0.0375. The third-order valence-electron chi connectivity index (χ3n) is 3.22. The Morgan fingerprint density at radius 3 is 2.45 bits per heavy atom. The Hall–Kier alpha value is -1.59. The van der Waals surface area contributed by atoms with E-state index in [2.05, 4.69) is 4.99 Å². The number of nitrogens with zero attached hydrogens (tertiary/aromatic N) is 1. The van der Waals surface area contributed by atoms with E-state index in [1.165, 1.54) is 0 Å². The number of halogens is 3. The highest BCUT2D eigenvalue weighted by molar-refractivity contribution is 6.36. The molecule has 0 atom stereocenters. The van der Waals surface area contributed by atoms with Crippen LogP contribution in [0.5, 0.6) is 0 Å². The van der Waals surface area contributed by atoms with E-state index in [-0.39, 0.29) is 32.9 Å². The molecule has 0 heterocycles. The molecule has 0 aromatic heterocycles. The van der Waals surface area contributed by atoms with E-state index in [1.54, 1.807) is 6.92 Å². The third kappa shape index (κ3) is 3.59. The van der Waals surface area contributed by atoms with E-state index >= 15 is 0 Å². The van der Waals surface area contributed by atoms with Gasteiger partial charge in [0.05, 0.1) is 21.8 Å². The molecule has 2 rings (SSSR count). The molecule has 0 bridgehead atoms. The largest absolute Gasteiger partial charge is 0.506 e. The maximum Gasteiger partial charge on any atom is 0.341 e. The molecule has 0 amide bonds. The van der Waals surface area contributed by atoms with Crippen molar-refractivity contribution in [2.24, 2.45) is 4.99 Å². The lowest BCUT2D eigenvalue weighted by Crippen LogP contribution is -2.15. The van der Waals surface area contributed by atoms with Crippen molar-refractivity contribution in [1.29, 1.82) is 0 Å². The van der Waals surface area contributed by atoms with Gasteiger partial charge in [-0.15, -0.1) is 0 Å². The molecule has 0 aliphatic heterocycles. The minimum Gasteiger partial charge on any atom is -0.506 e. The fraction of sp³-hybridized carbons (Fsp3) is 0.333. The molecule has 0 radical (unpaired) electrons. The third-order valence-corrected chi connectivity index (χ3v) is 3.83. The molecule has 4 nitrogen and oxygen atoms in total. The van der Waals surface area contributed by atoms with Gasteiger partial charge >= 0.3 is 5.97 Å². The number of aliphatic carboxylic acids is 1. The first-order chi connectivity index (χ1) is 10.3. The second kappa shape index (κ2) is 6.67. The van der Waals surface area contributed by atoms with Crippen molar-refractivity contribution in [3.8, 4) is 0 Å². The van der Waals surface area contributed by atoms with Crippen LogP contribution in [0, 0.1) is 5.82 Å². The Morgan fingerprint density at radius 2 is 1.95 bits per heavy atom. The van der Waals surface area contributed by atoms with Crippen LogP contribution in [0.25, 0.3) is 5.76 Å². The Balaban J connectivity index is 2.60. The molecule has 0 unspecified atom stereocenters. The van der Waals surface area contributed by atoms with Gasteiger partial charge < -0.3 is 10.2 Å². The molecule has 0 saturated heterocycles. The van der Waals surface area contributed by atoms with Crippen LogP contribution in [0.15, 0.2) is 22.7 Å². The molecule has 0 spiro atoms. The van der Waals surface area contributed by atoms with Gasteiger partial charge in [-0.1, -0.05) is 30.1 Å². The van der Waals surface area contributed by atoms with Crippen LogP contribution in [0.3, 0.4) is 0 Å². The lowest BCUT2D eigenvalue weighted by molar-refractivity contribution is -0.132. The number of rotatable bonds is 5. The molecule has 1 saturated carbocycles. The van der Waals surface area contributed by atoms with Crippen molar-refractivity contribution in [3.63, 3.8) is 0 Å². The van der Waals surface area contributed by atoms with Crippen LogP contribution in [0.4, 0.5) is 4.39 Å². The summed E-state index contributed by atoms with van der Waals surface area (Å²) < 4.78 is 13.6. The summed E-state index contributed by atoms with van der Waals surface area (Å²) in [5.74, 6) is -2.76. The average Bonchev–Trinajstić information content (AvgIpc) is 3.25. The molecular formula is C15H14Cl2FNO3. The lowest BCUT2D eigenvalue weighted by atomic mass is 10.0. The number of hydrogen-bond donors (Lipinski definition) is 2. The fourth-order valence-electron chi connectivity index (χ4n) is 1.96. The SMILES string of the molecule is CCC(=NC1CC1)C(C(=O)O)=C(O)c1cc(F)c(Cl)cc1Cl. The first kappa shape index (κ1) is 16.8. The number of aliphatic imine (C=N–C) groups is 1. The van der Waals surface area contributed by atoms with Crippen LogP contribution < -0.4 is 0 Å². The van der Waals surface area contributed by atoms with Crippen molar-refractivity contribution < 1.29 is 19.4 Å². The number of carbonyl (C=O) groups is 1. The zero-order chi connectivity index (χ0) is 16.4. The molecule has 1 aromatic carbocycles. The number of carboxylic acid groups (broad SMARTS) is 1. The topological polar surface area (TPSA) is 69.9 Å². The highest BCUT2D eigenvalue weighted by Crippen LogP contribution is 2.31. The van der Waals surface area contributed by atoms with Gasteiger partial charge in [0, 0.05) is 5.56 Å². The maximum absolute atomic E-state index is 13.6. The van der Waals surface area contributed by atoms with E-state index in [0.29, 0.717) is 6.42 Å². The zero-order valence-electron chi connectivity index (χ0n) is 11.7. The van der Waals surface area contributed by atoms with Gasteiger partial charge in [-0.2, -0.15) is 0 Å². The molecule has 1 fully saturated rings. The normalized spacial score (nSPS) is 16.5. The summed E-state index contributed by atoms with van der Waals surface area (Å²) >= 11 is 11.5. The monoisotopic (exact) mass is 345 g/mol. The predicted octanol–water partition coefficient (Wildman–Crippen LogP) is 4.50. The second-order valence-corrected chi connectivity index (χ2v) is 5.75. The molecule has 2 N–H and O–H groups in total. The van der Waals surface area contributed by atoms with Gasteiger partial charge in [-0.3, -0.25) is 4.99 Å². The number of hydrogen-bond acceptors (Lipinski definition) is 3. The zero-order valence-corrected chi connectivity index (χ0v) is 13.2. The maximum atomic E-state index is 13.6. The first-order valence-electron chi connectivity index (χ1n) is 6.73. The lowest BCUT2D eigenvalue weighted by Gasteiger charge is -2.11. The highest BCUT2D eigenvalue weighted by atomic mass is 35.5. The van der Waals surface area contributed by atoms with Crippen LogP contribution >= 0.6 is 23.2 Å².